The molecule has 1 N–H and O–H groups in total. The molecule has 0 amide bonds. The monoisotopic (exact) mass is 238 g/mol. The zero-order chi connectivity index (χ0) is 11.6. The number of nitrogens with one attached hydrogen (secondary N) is 1. The minimum atomic E-state index is 0.523. The molecule has 1 heterocycles. The predicted molar refractivity (Wildman–Crippen MR) is 69.7 cm³/mol. The molecule has 90 valence electrons. The van der Waals surface area contributed by atoms with Crippen molar-refractivity contribution in [2.45, 2.75) is 59.0 Å². The first-order chi connectivity index (χ1) is 7.55. The van der Waals surface area contributed by atoms with Gasteiger partial charge in [0.15, 0.2) is 0 Å². The van der Waals surface area contributed by atoms with Crippen LogP contribution < -0.4 is 5.32 Å². The first-order valence-electron chi connectivity index (χ1n) is 6.20. The summed E-state index contributed by atoms with van der Waals surface area (Å²) in [6.07, 6.45) is 7.33. The van der Waals surface area contributed by atoms with E-state index in [1.165, 1.54) is 35.6 Å². The summed E-state index contributed by atoms with van der Waals surface area (Å²) in [6.45, 7) is 7.83. The maximum absolute atomic E-state index is 4.39. The van der Waals surface area contributed by atoms with Gasteiger partial charge in [-0.1, -0.05) is 20.3 Å². The Morgan fingerprint density at radius 2 is 2.38 bits per heavy atom. The number of hydrogen-bond donors (Lipinski definition) is 1. The van der Waals surface area contributed by atoms with E-state index in [1.807, 2.05) is 6.20 Å². The summed E-state index contributed by atoms with van der Waals surface area (Å²) in [5.41, 5.74) is 0.523. The van der Waals surface area contributed by atoms with Gasteiger partial charge in [0.1, 0.15) is 5.01 Å². The van der Waals surface area contributed by atoms with E-state index in [0.717, 1.165) is 6.54 Å². The molecule has 16 heavy (non-hydrogen) atoms. The van der Waals surface area contributed by atoms with Crippen LogP contribution in [-0.4, -0.2) is 11.0 Å². The summed E-state index contributed by atoms with van der Waals surface area (Å²) in [5.74, 6) is 0. The average molecular weight is 238 g/mol. The van der Waals surface area contributed by atoms with Gasteiger partial charge in [-0.3, -0.25) is 0 Å². The molecule has 1 saturated carbocycles. The molecule has 1 aliphatic carbocycles. The molecule has 1 unspecified atom stereocenters. The maximum atomic E-state index is 4.39. The molecule has 0 saturated heterocycles. The first kappa shape index (κ1) is 12.1. The van der Waals surface area contributed by atoms with Crippen LogP contribution in [0.5, 0.6) is 0 Å². The van der Waals surface area contributed by atoms with Gasteiger partial charge in [0.2, 0.25) is 0 Å². The van der Waals surface area contributed by atoms with Crippen molar-refractivity contribution >= 4 is 11.3 Å². The van der Waals surface area contributed by atoms with Gasteiger partial charge in [0.25, 0.3) is 0 Å². The molecular formula is C13H22N2S. The summed E-state index contributed by atoms with van der Waals surface area (Å²) in [6, 6.07) is 0.688. The fourth-order valence-electron chi connectivity index (χ4n) is 2.59. The largest absolute Gasteiger partial charge is 0.308 e. The fraction of sp³-hybridized carbons (Fsp3) is 0.769. The van der Waals surface area contributed by atoms with E-state index in [2.05, 4.69) is 31.1 Å². The van der Waals surface area contributed by atoms with Crippen molar-refractivity contribution in [1.29, 1.82) is 0 Å². The molecule has 1 aromatic heterocycles. The van der Waals surface area contributed by atoms with Gasteiger partial charge >= 0.3 is 0 Å². The zero-order valence-electron chi connectivity index (χ0n) is 10.5. The van der Waals surface area contributed by atoms with Gasteiger partial charge in [-0.05, 0) is 31.6 Å². The Morgan fingerprint density at radius 3 is 3.00 bits per heavy atom. The summed E-state index contributed by atoms with van der Waals surface area (Å²) in [7, 11) is 0. The Morgan fingerprint density at radius 1 is 1.56 bits per heavy atom. The standard InChI is InChI=1S/C13H22N2S/c1-10-8-15-12(16-10)9-14-11-5-4-6-13(2,3)7-11/h8,11,14H,4-7,9H2,1-3H3. The quantitative estimate of drug-likeness (QED) is 0.871. The van der Waals surface area contributed by atoms with Crippen LogP contribution in [0.1, 0.15) is 49.4 Å². The van der Waals surface area contributed by atoms with Crippen LogP contribution in [0.15, 0.2) is 6.20 Å². The van der Waals surface area contributed by atoms with Crippen LogP contribution in [0.3, 0.4) is 0 Å². The van der Waals surface area contributed by atoms with Crippen LogP contribution in [-0.2, 0) is 6.54 Å². The molecule has 2 rings (SSSR count). The third kappa shape index (κ3) is 3.29. The SMILES string of the molecule is Cc1cnc(CNC2CCCC(C)(C)C2)s1. The molecule has 0 aromatic carbocycles. The molecule has 0 radical (unpaired) electrons. The Kier molecular flexibility index (Phi) is 3.65. The molecule has 3 heteroatoms. The van der Waals surface area contributed by atoms with Crippen molar-refractivity contribution in [3.63, 3.8) is 0 Å². The predicted octanol–water partition coefficient (Wildman–Crippen LogP) is 3.51. The maximum Gasteiger partial charge on any atom is 0.107 e. The highest BCUT2D eigenvalue weighted by atomic mass is 32.1. The lowest BCUT2D eigenvalue weighted by Crippen LogP contribution is -2.36. The molecule has 1 atom stereocenters. The van der Waals surface area contributed by atoms with Crippen LogP contribution in [0, 0.1) is 12.3 Å². The highest BCUT2D eigenvalue weighted by Crippen LogP contribution is 2.35. The lowest BCUT2D eigenvalue weighted by atomic mass is 9.75. The second-order valence-corrected chi connectivity index (χ2v) is 7.02. The minimum absolute atomic E-state index is 0.523. The van der Waals surface area contributed by atoms with E-state index in [9.17, 15) is 0 Å². The van der Waals surface area contributed by atoms with Crippen LogP contribution in [0.4, 0.5) is 0 Å². The Bertz CT molecular complexity index is 343. The third-order valence-electron chi connectivity index (χ3n) is 3.42. The zero-order valence-corrected chi connectivity index (χ0v) is 11.4. The van der Waals surface area contributed by atoms with Crippen LogP contribution in [0.25, 0.3) is 0 Å². The van der Waals surface area contributed by atoms with Gasteiger partial charge in [-0.2, -0.15) is 0 Å². The molecule has 0 spiro atoms. The van der Waals surface area contributed by atoms with Crippen LogP contribution in [0.2, 0.25) is 0 Å². The van der Waals surface area contributed by atoms with E-state index in [-0.39, 0.29) is 0 Å². The second-order valence-electron chi connectivity index (χ2n) is 5.70. The number of hydrogen-bond acceptors (Lipinski definition) is 3. The molecule has 0 bridgehead atoms. The Hall–Kier alpha value is -0.410. The Balaban J connectivity index is 1.82. The smallest absolute Gasteiger partial charge is 0.107 e. The minimum Gasteiger partial charge on any atom is -0.308 e. The van der Waals surface area contributed by atoms with Gasteiger partial charge < -0.3 is 5.32 Å². The van der Waals surface area contributed by atoms with Crippen molar-refractivity contribution in [1.82, 2.24) is 10.3 Å². The molecule has 1 aliphatic rings. The van der Waals surface area contributed by atoms with Crippen molar-refractivity contribution in [2.75, 3.05) is 0 Å². The highest BCUT2D eigenvalue weighted by Gasteiger charge is 2.27. The summed E-state index contributed by atoms with van der Waals surface area (Å²) in [5, 5.41) is 4.88. The summed E-state index contributed by atoms with van der Waals surface area (Å²) in [4.78, 5) is 5.70. The van der Waals surface area contributed by atoms with Gasteiger partial charge in [0, 0.05) is 23.7 Å². The van der Waals surface area contributed by atoms with Crippen molar-refractivity contribution < 1.29 is 0 Å². The number of thiazole rings is 1. The van der Waals surface area contributed by atoms with Crippen molar-refractivity contribution in [3.8, 4) is 0 Å². The Labute approximate surface area is 102 Å². The van der Waals surface area contributed by atoms with Crippen LogP contribution >= 0.6 is 11.3 Å². The number of nitrogens with zero attached hydrogens (tertiary/aromatic N) is 1. The average Bonchev–Trinajstić information content (AvgIpc) is 2.60. The van der Waals surface area contributed by atoms with E-state index in [4.69, 9.17) is 0 Å². The van der Waals surface area contributed by atoms with E-state index < -0.39 is 0 Å². The number of aryl methyl sites for hydroxylation is 1. The van der Waals surface area contributed by atoms with E-state index >= 15 is 0 Å². The fourth-order valence-corrected chi connectivity index (χ4v) is 3.33. The highest BCUT2D eigenvalue weighted by molar-refractivity contribution is 7.11. The molecule has 1 fully saturated rings. The normalized spacial score (nSPS) is 24.6. The van der Waals surface area contributed by atoms with E-state index in [0.29, 0.717) is 11.5 Å². The molecule has 0 aliphatic heterocycles. The number of rotatable bonds is 3. The van der Waals surface area contributed by atoms with Crippen molar-refractivity contribution in [3.05, 3.63) is 16.1 Å². The van der Waals surface area contributed by atoms with E-state index in [1.54, 1.807) is 11.3 Å². The molecule has 2 nitrogen and oxygen atoms in total. The lowest BCUT2D eigenvalue weighted by Gasteiger charge is -2.35. The van der Waals surface area contributed by atoms with Crippen molar-refractivity contribution in [2.24, 2.45) is 5.41 Å². The topological polar surface area (TPSA) is 24.9 Å². The summed E-state index contributed by atoms with van der Waals surface area (Å²) >= 11 is 1.80. The number of aromatic nitrogens is 1. The molecule has 1 aromatic rings. The lowest BCUT2D eigenvalue weighted by molar-refractivity contribution is 0.197. The first-order valence-corrected chi connectivity index (χ1v) is 7.01. The second kappa shape index (κ2) is 4.84. The molecular weight excluding hydrogens is 216 g/mol. The van der Waals surface area contributed by atoms with Gasteiger partial charge in [-0.25, -0.2) is 4.98 Å². The summed E-state index contributed by atoms with van der Waals surface area (Å²) < 4.78 is 0. The van der Waals surface area contributed by atoms with Gasteiger partial charge in [0.05, 0.1) is 0 Å². The third-order valence-corrected chi connectivity index (χ3v) is 4.33. The van der Waals surface area contributed by atoms with Gasteiger partial charge in [-0.15, -0.1) is 11.3 Å².